The Hall–Kier alpha value is -3.30. The van der Waals surface area contributed by atoms with Crippen LogP contribution in [0.3, 0.4) is 0 Å². The third kappa shape index (κ3) is 4.14. The minimum atomic E-state index is 0.102. The normalized spacial score (nSPS) is 14.3. The molecule has 0 radical (unpaired) electrons. The molecule has 4 aromatic rings. The maximum Gasteiger partial charge on any atom is 0.258 e. The van der Waals surface area contributed by atoms with Crippen molar-refractivity contribution in [3.63, 3.8) is 0 Å². The fraction of sp³-hybridized carbons (Fsp3) is 0.286. The van der Waals surface area contributed by atoms with E-state index in [1.165, 1.54) is 0 Å². The first-order chi connectivity index (χ1) is 15.2. The number of amides is 1. The van der Waals surface area contributed by atoms with Gasteiger partial charge in [0.05, 0.1) is 25.3 Å². The highest BCUT2D eigenvalue weighted by Gasteiger charge is 2.18. The molecule has 0 aliphatic carbocycles. The van der Waals surface area contributed by atoms with Crippen LogP contribution in [0.25, 0.3) is 33.9 Å². The summed E-state index contributed by atoms with van der Waals surface area (Å²) in [5.74, 6) is 0.978. The lowest BCUT2D eigenvalue weighted by Gasteiger charge is -2.26. The van der Waals surface area contributed by atoms with Crippen LogP contribution in [0, 0.1) is 0 Å². The number of carbonyl (C=O) groups excluding carboxylic acids is 1. The maximum atomic E-state index is 12.4. The average molecular weight is 439 g/mol. The van der Waals surface area contributed by atoms with Gasteiger partial charge in [-0.1, -0.05) is 22.0 Å². The minimum Gasteiger partial charge on any atom is -0.378 e. The van der Waals surface area contributed by atoms with Gasteiger partial charge in [-0.05, 0) is 42.5 Å². The van der Waals surface area contributed by atoms with Crippen molar-refractivity contribution in [2.45, 2.75) is 13.0 Å². The molecule has 0 unspecified atom stereocenters. The smallest absolute Gasteiger partial charge is 0.258 e. The van der Waals surface area contributed by atoms with Crippen LogP contribution in [-0.4, -0.2) is 62.2 Å². The lowest BCUT2D eigenvalue weighted by Crippen LogP contribution is -2.41. The Morgan fingerprint density at radius 2 is 1.84 bits per heavy atom. The highest BCUT2D eigenvalue weighted by Crippen LogP contribution is 2.25. The number of aromatic nitrogens is 5. The van der Waals surface area contributed by atoms with E-state index in [4.69, 9.17) is 20.9 Å². The summed E-state index contributed by atoms with van der Waals surface area (Å²) in [4.78, 5) is 18.7. The first-order valence-electron chi connectivity index (χ1n) is 9.96. The lowest BCUT2D eigenvalue weighted by molar-refractivity contribution is -0.135. The van der Waals surface area contributed by atoms with Crippen molar-refractivity contribution >= 4 is 28.5 Å². The highest BCUT2D eigenvalue weighted by atomic mass is 35.5. The molecule has 0 N–H and O–H groups in total. The van der Waals surface area contributed by atoms with Crippen molar-refractivity contribution in [1.82, 2.24) is 30.0 Å². The molecule has 5 rings (SSSR count). The largest absolute Gasteiger partial charge is 0.378 e. The quantitative estimate of drug-likeness (QED) is 0.472. The van der Waals surface area contributed by atoms with Gasteiger partial charge in [-0.25, -0.2) is 4.68 Å². The summed E-state index contributed by atoms with van der Waals surface area (Å²) in [5, 5.41) is 13.2. The molecule has 10 heteroatoms. The predicted octanol–water partition coefficient (Wildman–Crippen LogP) is 3.05. The van der Waals surface area contributed by atoms with Crippen molar-refractivity contribution in [3.05, 3.63) is 47.5 Å². The molecule has 3 heterocycles. The molecule has 0 saturated carbocycles. The van der Waals surface area contributed by atoms with E-state index in [0.29, 0.717) is 61.5 Å². The molecule has 9 nitrogen and oxygen atoms in total. The number of hydrogen-bond acceptors (Lipinski definition) is 7. The number of benzene rings is 2. The van der Waals surface area contributed by atoms with E-state index in [-0.39, 0.29) is 5.91 Å². The van der Waals surface area contributed by atoms with Gasteiger partial charge < -0.3 is 14.2 Å². The molecular formula is C21H19ClN6O3. The number of morpholine rings is 1. The molecule has 1 aliphatic rings. The SMILES string of the molecule is O=C(CCn1nnc2cc(-c3noc(-c4ccc(Cl)cc4)n3)ccc21)N1CCOCC1. The van der Waals surface area contributed by atoms with E-state index in [1.54, 1.807) is 16.8 Å². The number of carbonyl (C=O) groups is 1. The predicted molar refractivity (Wildman–Crippen MR) is 113 cm³/mol. The zero-order valence-corrected chi connectivity index (χ0v) is 17.3. The van der Waals surface area contributed by atoms with Crippen LogP contribution in [0.15, 0.2) is 47.0 Å². The molecule has 1 fully saturated rings. The second kappa shape index (κ2) is 8.44. The zero-order valence-electron chi connectivity index (χ0n) is 16.6. The molecule has 1 saturated heterocycles. The fourth-order valence-electron chi connectivity index (χ4n) is 3.50. The van der Waals surface area contributed by atoms with Gasteiger partial charge >= 0.3 is 0 Å². The first kappa shape index (κ1) is 19.7. The fourth-order valence-corrected chi connectivity index (χ4v) is 3.63. The number of ether oxygens (including phenoxy) is 1. The van der Waals surface area contributed by atoms with Gasteiger partial charge in [-0.15, -0.1) is 5.10 Å². The summed E-state index contributed by atoms with van der Waals surface area (Å²) in [6, 6.07) is 12.9. The van der Waals surface area contributed by atoms with Crippen molar-refractivity contribution < 1.29 is 14.1 Å². The molecule has 1 amide bonds. The molecule has 2 aromatic carbocycles. The van der Waals surface area contributed by atoms with Gasteiger partial charge in [0.15, 0.2) is 0 Å². The summed E-state index contributed by atoms with van der Waals surface area (Å²) in [6.07, 6.45) is 0.371. The molecule has 0 bridgehead atoms. The number of aryl methyl sites for hydroxylation is 1. The Kier molecular flexibility index (Phi) is 5.35. The van der Waals surface area contributed by atoms with Gasteiger partial charge in [0.25, 0.3) is 5.89 Å². The molecule has 2 aromatic heterocycles. The van der Waals surface area contributed by atoms with E-state index < -0.39 is 0 Å². The number of nitrogens with zero attached hydrogens (tertiary/aromatic N) is 6. The molecule has 0 spiro atoms. The van der Waals surface area contributed by atoms with E-state index in [9.17, 15) is 4.79 Å². The summed E-state index contributed by atoms with van der Waals surface area (Å²) >= 11 is 5.93. The minimum absolute atomic E-state index is 0.102. The zero-order chi connectivity index (χ0) is 21.2. The summed E-state index contributed by atoms with van der Waals surface area (Å²) < 4.78 is 12.4. The summed E-state index contributed by atoms with van der Waals surface area (Å²) in [7, 11) is 0. The van der Waals surface area contributed by atoms with Gasteiger partial charge in [0, 0.05) is 35.7 Å². The summed E-state index contributed by atoms with van der Waals surface area (Å²) in [5.41, 5.74) is 3.11. The van der Waals surface area contributed by atoms with Crippen molar-refractivity contribution in [3.8, 4) is 22.8 Å². The van der Waals surface area contributed by atoms with Crippen LogP contribution < -0.4 is 0 Å². The van der Waals surface area contributed by atoms with Gasteiger partial charge in [-0.2, -0.15) is 4.98 Å². The Bertz CT molecular complexity index is 1210. The molecule has 31 heavy (non-hydrogen) atoms. The molecular weight excluding hydrogens is 420 g/mol. The molecule has 1 aliphatic heterocycles. The summed E-state index contributed by atoms with van der Waals surface area (Å²) in [6.45, 7) is 2.94. The van der Waals surface area contributed by atoms with Gasteiger partial charge in [0.1, 0.15) is 5.52 Å². The molecule has 0 atom stereocenters. The average Bonchev–Trinajstić information content (AvgIpc) is 3.46. The number of halogens is 1. The van der Waals surface area contributed by atoms with Crippen LogP contribution in [0.1, 0.15) is 6.42 Å². The Morgan fingerprint density at radius 3 is 2.65 bits per heavy atom. The first-order valence-corrected chi connectivity index (χ1v) is 10.3. The monoisotopic (exact) mass is 438 g/mol. The third-order valence-corrected chi connectivity index (χ3v) is 5.44. The number of rotatable bonds is 5. The standard InChI is InChI=1S/C21H19ClN6O3/c22-16-4-1-14(2-5-16)21-23-20(25-31-21)15-3-6-18-17(13-15)24-26-28(18)8-7-19(29)27-9-11-30-12-10-27/h1-6,13H,7-12H2. The molecule has 158 valence electrons. The Morgan fingerprint density at radius 1 is 1.06 bits per heavy atom. The topological polar surface area (TPSA) is 99.2 Å². The van der Waals surface area contributed by atoms with Crippen molar-refractivity contribution in [2.24, 2.45) is 0 Å². The van der Waals surface area contributed by atoms with E-state index in [2.05, 4.69) is 20.5 Å². The second-order valence-electron chi connectivity index (χ2n) is 7.19. The third-order valence-electron chi connectivity index (χ3n) is 5.19. The Labute approximate surface area is 182 Å². The van der Waals surface area contributed by atoms with E-state index >= 15 is 0 Å². The van der Waals surface area contributed by atoms with Crippen LogP contribution in [0.4, 0.5) is 0 Å². The van der Waals surface area contributed by atoms with E-state index in [1.807, 2.05) is 35.2 Å². The number of hydrogen-bond donors (Lipinski definition) is 0. The second-order valence-corrected chi connectivity index (χ2v) is 7.63. The van der Waals surface area contributed by atoms with Crippen LogP contribution in [0.2, 0.25) is 5.02 Å². The maximum absolute atomic E-state index is 12.4. The van der Waals surface area contributed by atoms with Crippen LogP contribution in [-0.2, 0) is 16.1 Å². The lowest BCUT2D eigenvalue weighted by atomic mass is 10.2. The highest BCUT2D eigenvalue weighted by molar-refractivity contribution is 6.30. The number of fused-ring (bicyclic) bond motifs is 1. The van der Waals surface area contributed by atoms with Crippen LogP contribution in [0.5, 0.6) is 0 Å². The van der Waals surface area contributed by atoms with Crippen LogP contribution >= 0.6 is 11.6 Å². The van der Waals surface area contributed by atoms with Crippen molar-refractivity contribution in [1.29, 1.82) is 0 Å². The van der Waals surface area contributed by atoms with Gasteiger partial charge in [-0.3, -0.25) is 4.79 Å². The Balaban J connectivity index is 1.31. The van der Waals surface area contributed by atoms with Crippen molar-refractivity contribution in [2.75, 3.05) is 26.3 Å². The van der Waals surface area contributed by atoms with E-state index in [0.717, 1.165) is 16.6 Å². The van der Waals surface area contributed by atoms with Gasteiger partial charge in [0.2, 0.25) is 11.7 Å².